The summed E-state index contributed by atoms with van der Waals surface area (Å²) < 4.78 is 13.6. The third-order valence-electron chi connectivity index (χ3n) is 2.52. The summed E-state index contributed by atoms with van der Waals surface area (Å²) >= 11 is 3.11. The second kappa shape index (κ2) is 4.94. The highest BCUT2D eigenvalue weighted by Gasteiger charge is 2.20. The molecule has 0 amide bonds. The first-order chi connectivity index (χ1) is 6.97. The monoisotopic (exact) mass is 275 g/mol. The molecule has 0 aliphatic carbocycles. The van der Waals surface area contributed by atoms with Gasteiger partial charge in [0.05, 0.1) is 4.47 Å². The Kier molecular flexibility index (Phi) is 4.11. The lowest BCUT2D eigenvalue weighted by atomic mass is 9.88. The van der Waals surface area contributed by atoms with Crippen molar-refractivity contribution < 1.29 is 9.50 Å². The van der Waals surface area contributed by atoms with Gasteiger partial charge in [-0.05, 0) is 40.5 Å². The Morgan fingerprint density at radius 1 is 1.47 bits per heavy atom. The van der Waals surface area contributed by atoms with Gasteiger partial charge in [-0.2, -0.15) is 0 Å². The minimum absolute atomic E-state index is 0.0306. The number of benzene rings is 1. The SMILES string of the molecule is CC(C)C(CN)c1cc(F)cc(Br)c1O. The Balaban J connectivity index is 3.22. The van der Waals surface area contributed by atoms with Crippen LogP contribution in [0.15, 0.2) is 16.6 Å². The Morgan fingerprint density at radius 2 is 2.07 bits per heavy atom. The molecule has 1 unspecified atom stereocenters. The highest BCUT2D eigenvalue weighted by atomic mass is 79.9. The van der Waals surface area contributed by atoms with Crippen molar-refractivity contribution in [2.45, 2.75) is 19.8 Å². The highest BCUT2D eigenvalue weighted by molar-refractivity contribution is 9.10. The molecule has 0 fully saturated rings. The van der Waals surface area contributed by atoms with Crippen LogP contribution in [-0.4, -0.2) is 11.7 Å². The number of phenols is 1. The fourth-order valence-corrected chi connectivity index (χ4v) is 2.07. The van der Waals surface area contributed by atoms with E-state index in [0.29, 0.717) is 16.6 Å². The zero-order valence-electron chi connectivity index (χ0n) is 8.80. The van der Waals surface area contributed by atoms with Gasteiger partial charge in [0.25, 0.3) is 0 Å². The molecular formula is C11H15BrFNO. The summed E-state index contributed by atoms with van der Waals surface area (Å²) in [6.07, 6.45) is 0. The number of nitrogens with two attached hydrogens (primary N) is 1. The molecule has 0 spiro atoms. The van der Waals surface area contributed by atoms with E-state index in [-0.39, 0.29) is 23.4 Å². The molecule has 0 heterocycles. The van der Waals surface area contributed by atoms with Crippen LogP contribution in [0.1, 0.15) is 25.3 Å². The molecule has 15 heavy (non-hydrogen) atoms. The first-order valence-corrected chi connectivity index (χ1v) is 5.64. The van der Waals surface area contributed by atoms with Crippen LogP contribution in [0.25, 0.3) is 0 Å². The van der Waals surface area contributed by atoms with Crippen LogP contribution < -0.4 is 5.73 Å². The second-order valence-electron chi connectivity index (χ2n) is 3.91. The molecule has 1 atom stereocenters. The fraction of sp³-hybridized carbons (Fsp3) is 0.455. The van der Waals surface area contributed by atoms with Gasteiger partial charge in [-0.3, -0.25) is 0 Å². The molecule has 1 aromatic rings. The Bertz CT molecular complexity index is 355. The smallest absolute Gasteiger partial charge is 0.133 e. The summed E-state index contributed by atoms with van der Waals surface area (Å²) in [5.74, 6) is -0.0547. The molecule has 0 saturated heterocycles. The summed E-state index contributed by atoms with van der Waals surface area (Å²) in [5.41, 5.74) is 6.19. The Morgan fingerprint density at radius 3 is 2.53 bits per heavy atom. The van der Waals surface area contributed by atoms with E-state index in [4.69, 9.17) is 5.73 Å². The van der Waals surface area contributed by atoms with Crippen molar-refractivity contribution in [1.82, 2.24) is 0 Å². The van der Waals surface area contributed by atoms with E-state index in [1.54, 1.807) is 0 Å². The molecule has 2 nitrogen and oxygen atoms in total. The van der Waals surface area contributed by atoms with Crippen molar-refractivity contribution >= 4 is 15.9 Å². The zero-order valence-corrected chi connectivity index (χ0v) is 10.4. The van der Waals surface area contributed by atoms with Crippen molar-refractivity contribution in [2.75, 3.05) is 6.54 Å². The predicted molar refractivity (Wildman–Crippen MR) is 62.4 cm³/mol. The molecule has 0 aliphatic rings. The topological polar surface area (TPSA) is 46.2 Å². The van der Waals surface area contributed by atoms with Crippen LogP contribution in [0.5, 0.6) is 5.75 Å². The summed E-state index contributed by atoms with van der Waals surface area (Å²) in [5, 5.41) is 9.80. The van der Waals surface area contributed by atoms with Crippen molar-refractivity contribution in [2.24, 2.45) is 11.7 Å². The highest BCUT2D eigenvalue weighted by Crippen LogP contribution is 2.36. The minimum atomic E-state index is -0.367. The van der Waals surface area contributed by atoms with Crippen molar-refractivity contribution in [3.05, 3.63) is 28.0 Å². The molecule has 1 rings (SSSR count). The van der Waals surface area contributed by atoms with E-state index in [1.165, 1.54) is 12.1 Å². The molecule has 0 saturated carbocycles. The molecule has 0 aliphatic heterocycles. The second-order valence-corrected chi connectivity index (χ2v) is 4.77. The van der Waals surface area contributed by atoms with E-state index in [2.05, 4.69) is 15.9 Å². The average Bonchev–Trinajstić information content (AvgIpc) is 2.13. The number of halogens is 2. The van der Waals surface area contributed by atoms with Crippen molar-refractivity contribution in [3.8, 4) is 5.75 Å². The number of hydrogen-bond donors (Lipinski definition) is 2. The zero-order chi connectivity index (χ0) is 11.6. The molecular weight excluding hydrogens is 261 g/mol. The molecule has 84 valence electrons. The average molecular weight is 276 g/mol. The maximum absolute atomic E-state index is 13.2. The summed E-state index contributed by atoms with van der Waals surface area (Å²) in [6, 6.07) is 2.59. The lowest BCUT2D eigenvalue weighted by Gasteiger charge is -2.21. The van der Waals surface area contributed by atoms with Gasteiger partial charge in [0.1, 0.15) is 11.6 Å². The van der Waals surface area contributed by atoms with Gasteiger partial charge in [0, 0.05) is 11.5 Å². The molecule has 0 aromatic heterocycles. The number of phenolic OH excluding ortho intramolecular Hbond substituents is 1. The molecule has 4 heteroatoms. The van der Waals surface area contributed by atoms with Crippen LogP contribution in [0, 0.1) is 11.7 Å². The van der Waals surface area contributed by atoms with E-state index in [9.17, 15) is 9.50 Å². The number of rotatable bonds is 3. The van der Waals surface area contributed by atoms with Crippen molar-refractivity contribution in [1.29, 1.82) is 0 Å². The lowest BCUT2D eigenvalue weighted by Crippen LogP contribution is -2.18. The maximum Gasteiger partial charge on any atom is 0.133 e. The standard InChI is InChI=1S/C11H15BrFNO/c1-6(2)9(5-14)8-3-7(13)4-10(12)11(8)15/h3-4,6,9,15H,5,14H2,1-2H3. The Hall–Kier alpha value is -0.610. The fourth-order valence-electron chi connectivity index (χ4n) is 1.63. The van der Waals surface area contributed by atoms with E-state index >= 15 is 0 Å². The number of hydrogen-bond acceptors (Lipinski definition) is 2. The molecule has 0 bridgehead atoms. The minimum Gasteiger partial charge on any atom is -0.506 e. The van der Waals surface area contributed by atoms with E-state index in [0.717, 1.165) is 0 Å². The largest absolute Gasteiger partial charge is 0.506 e. The van der Waals surface area contributed by atoms with Crippen LogP contribution in [0.4, 0.5) is 4.39 Å². The van der Waals surface area contributed by atoms with Crippen LogP contribution in [0.2, 0.25) is 0 Å². The quantitative estimate of drug-likeness (QED) is 0.891. The summed E-state index contributed by atoms with van der Waals surface area (Å²) in [4.78, 5) is 0. The Labute approximate surface area is 97.4 Å². The third kappa shape index (κ3) is 2.69. The first-order valence-electron chi connectivity index (χ1n) is 4.85. The molecule has 1 aromatic carbocycles. The normalized spacial score (nSPS) is 13.2. The summed E-state index contributed by atoms with van der Waals surface area (Å²) in [7, 11) is 0. The first kappa shape index (κ1) is 12.5. The van der Waals surface area contributed by atoms with Crippen LogP contribution in [0.3, 0.4) is 0 Å². The van der Waals surface area contributed by atoms with Gasteiger partial charge < -0.3 is 10.8 Å². The predicted octanol–water partition coefficient (Wildman–Crippen LogP) is 2.99. The van der Waals surface area contributed by atoms with Crippen molar-refractivity contribution in [3.63, 3.8) is 0 Å². The summed E-state index contributed by atoms with van der Waals surface area (Å²) in [6.45, 7) is 4.38. The van der Waals surface area contributed by atoms with Gasteiger partial charge >= 0.3 is 0 Å². The van der Waals surface area contributed by atoms with Gasteiger partial charge in [-0.1, -0.05) is 13.8 Å². The number of aromatic hydroxyl groups is 1. The lowest BCUT2D eigenvalue weighted by molar-refractivity contribution is 0.432. The van der Waals surface area contributed by atoms with Crippen LogP contribution in [-0.2, 0) is 0 Å². The molecule has 3 N–H and O–H groups in total. The third-order valence-corrected chi connectivity index (χ3v) is 3.12. The van der Waals surface area contributed by atoms with Gasteiger partial charge in [-0.25, -0.2) is 4.39 Å². The van der Waals surface area contributed by atoms with E-state index in [1.807, 2.05) is 13.8 Å². The molecule has 0 radical (unpaired) electrons. The maximum atomic E-state index is 13.2. The van der Waals surface area contributed by atoms with E-state index < -0.39 is 0 Å². The van der Waals surface area contributed by atoms with Gasteiger partial charge in [-0.15, -0.1) is 0 Å². The van der Waals surface area contributed by atoms with Gasteiger partial charge in [0.2, 0.25) is 0 Å². The van der Waals surface area contributed by atoms with Gasteiger partial charge in [0.15, 0.2) is 0 Å². The van der Waals surface area contributed by atoms with Crippen LogP contribution >= 0.6 is 15.9 Å².